The lowest BCUT2D eigenvalue weighted by Crippen LogP contribution is -2.16. The van der Waals surface area contributed by atoms with Crippen LogP contribution in [0.2, 0.25) is 0 Å². The number of nitrogens with one attached hydrogen (secondary N) is 2. The highest BCUT2D eigenvalue weighted by Gasteiger charge is 2.17. The molecule has 0 amide bonds. The van der Waals surface area contributed by atoms with Gasteiger partial charge in [-0.15, -0.1) is 0 Å². The molecule has 0 radical (unpaired) electrons. The van der Waals surface area contributed by atoms with E-state index in [1.54, 1.807) is 6.92 Å². The Hall–Kier alpha value is -2.80. The first-order valence-electron chi connectivity index (χ1n) is 7.44. The van der Waals surface area contributed by atoms with Crippen LogP contribution in [-0.2, 0) is 9.53 Å². The molecule has 24 heavy (non-hydrogen) atoms. The molecule has 3 aromatic rings. The van der Waals surface area contributed by atoms with Gasteiger partial charge in [0.15, 0.2) is 5.16 Å². The lowest BCUT2D eigenvalue weighted by atomic mass is 10.3. The van der Waals surface area contributed by atoms with Crippen molar-refractivity contribution in [1.29, 1.82) is 0 Å². The molecule has 0 bridgehead atoms. The molecule has 0 aliphatic rings. The highest BCUT2D eigenvalue weighted by atomic mass is 32.2. The zero-order valence-electron chi connectivity index (χ0n) is 13.0. The van der Waals surface area contributed by atoms with E-state index in [0.29, 0.717) is 5.16 Å². The predicted octanol–water partition coefficient (Wildman–Crippen LogP) is 3.64. The van der Waals surface area contributed by atoms with Crippen LogP contribution in [0.1, 0.15) is 6.92 Å². The molecule has 0 saturated heterocycles. The monoisotopic (exact) mass is 340 g/mol. The molecule has 1 aromatic heterocycles. The number of aromatic amines is 1. The van der Waals surface area contributed by atoms with Crippen molar-refractivity contribution in [3.05, 3.63) is 54.6 Å². The smallest absolute Gasteiger partial charge is 0.365 e. The zero-order valence-corrected chi connectivity index (χ0v) is 13.8. The summed E-state index contributed by atoms with van der Waals surface area (Å²) < 4.78 is 5.07. The van der Waals surface area contributed by atoms with Crippen molar-refractivity contribution in [2.24, 2.45) is 5.10 Å². The number of hydrazone groups is 1. The van der Waals surface area contributed by atoms with Crippen LogP contribution >= 0.6 is 11.8 Å². The molecule has 0 fully saturated rings. The average Bonchev–Trinajstić information content (AvgIpc) is 3.02. The number of imidazole rings is 1. The third-order valence-electron chi connectivity index (χ3n) is 3.07. The molecular formula is C17H16N4O2S. The van der Waals surface area contributed by atoms with Crippen molar-refractivity contribution >= 4 is 39.5 Å². The number of ether oxygens (including phenoxy) is 1. The number of nitrogens with zero attached hydrogens (tertiary/aromatic N) is 2. The van der Waals surface area contributed by atoms with Crippen molar-refractivity contribution in [1.82, 2.24) is 9.97 Å². The minimum Gasteiger partial charge on any atom is -0.461 e. The summed E-state index contributed by atoms with van der Waals surface area (Å²) in [5.74, 6) is -0.494. The van der Waals surface area contributed by atoms with E-state index in [4.69, 9.17) is 4.74 Å². The summed E-state index contributed by atoms with van der Waals surface area (Å²) in [5.41, 5.74) is 5.38. The van der Waals surface area contributed by atoms with E-state index in [9.17, 15) is 4.79 Å². The van der Waals surface area contributed by atoms with E-state index >= 15 is 0 Å². The lowest BCUT2D eigenvalue weighted by molar-refractivity contribution is -0.134. The number of carbonyl (C=O) groups is 1. The fraction of sp³-hybridized carbons (Fsp3) is 0.118. The number of fused-ring (bicyclic) bond motifs is 1. The average molecular weight is 340 g/mol. The van der Waals surface area contributed by atoms with Crippen LogP contribution in [0.15, 0.2) is 64.9 Å². The van der Waals surface area contributed by atoms with Gasteiger partial charge in [-0.25, -0.2) is 9.78 Å². The summed E-state index contributed by atoms with van der Waals surface area (Å²) in [6.07, 6.45) is 0. The van der Waals surface area contributed by atoms with Gasteiger partial charge in [0, 0.05) is 0 Å². The van der Waals surface area contributed by atoms with Crippen molar-refractivity contribution in [2.45, 2.75) is 12.1 Å². The van der Waals surface area contributed by atoms with Gasteiger partial charge in [-0.2, -0.15) is 5.10 Å². The number of carbonyl (C=O) groups excluding carboxylic acids is 1. The maximum atomic E-state index is 12.1. The SMILES string of the molecule is CCOC(=O)/C(=N\Nc1ccccc1)Sc1nc2ccccc2[nH]1. The summed E-state index contributed by atoms with van der Waals surface area (Å²) in [6.45, 7) is 2.04. The first-order chi connectivity index (χ1) is 11.8. The molecule has 0 unspecified atom stereocenters. The van der Waals surface area contributed by atoms with Gasteiger partial charge in [-0.3, -0.25) is 5.43 Å². The van der Waals surface area contributed by atoms with E-state index in [1.807, 2.05) is 54.6 Å². The number of H-pyrrole nitrogens is 1. The van der Waals surface area contributed by atoms with Crippen molar-refractivity contribution in [3.8, 4) is 0 Å². The van der Waals surface area contributed by atoms with E-state index in [0.717, 1.165) is 28.5 Å². The summed E-state index contributed by atoms with van der Waals surface area (Å²) in [5, 5.41) is 4.93. The molecule has 7 heteroatoms. The Morgan fingerprint density at radius 2 is 1.96 bits per heavy atom. The van der Waals surface area contributed by atoms with Gasteiger partial charge >= 0.3 is 5.97 Å². The minimum atomic E-state index is -0.494. The Bertz CT molecular complexity index is 828. The van der Waals surface area contributed by atoms with Crippen LogP contribution in [0.25, 0.3) is 11.0 Å². The third kappa shape index (κ3) is 3.94. The maximum Gasteiger partial charge on any atom is 0.365 e. The van der Waals surface area contributed by atoms with Crippen LogP contribution in [0.4, 0.5) is 5.69 Å². The van der Waals surface area contributed by atoms with Gasteiger partial charge in [0.25, 0.3) is 0 Å². The molecule has 122 valence electrons. The molecule has 0 atom stereocenters. The van der Waals surface area contributed by atoms with Crippen LogP contribution < -0.4 is 5.43 Å². The Morgan fingerprint density at radius 1 is 1.21 bits per heavy atom. The fourth-order valence-corrected chi connectivity index (χ4v) is 2.72. The lowest BCUT2D eigenvalue weighted by Gasteiger charge is -2.05. The number of hydrogen-bond acceptors (Lipinski definition) is 6. The number of benzene rings is 2. The van der Waals surface area contributed by atoms with Gasteiger partial charge in [0.05, 0.1) is 23.3 Å². The second-order valence-corrected chi connectivity index (χ2v) is 5.75. The Labute approximate surface area is 143 Å². The van der Waals surface area contributed by atoms with Crippen LogP contribution in [0.3, 0.4) is 0 Å². The Morgan fingerprint density at radius 3 is 2.71 bits per heavy atom. The Balaban J connectivity index is 1.82. The van der Waals surface area contributed by atoms with Gasteiger partial charge < -0.3 is 9.72 Å². The van der Waals surface area contributed by atoms with Gasteiger partial charge in [-0.05, 0) is 43.0 Å². The highest BCUT2D eigenvalue weighted by Crippen LogP contribution is 2.21. The van der Waals surface area contributed by atoms with E-state index < -0.39 is 5.97 Å². The van der Waals surface area contributed by atoms with Crippen LogP contribution in [0.5, 0.6) is 0 Å². The quantitative estimate of drug-likeness (QED) is 0.249. The Kier molecular flexibility index (Phi) is 5.12. The minimum absolute atomic E-state index is 0.180. The highest BCUT2D eigenvalue weighted by molar-refractivity contribution is 8.15. The topological polar surface area (TPSA) is 79.4 Å². The molecule has 2 aromatic carbocycles. The molecule has 0 spiro atoms. The van der Waals surface area contributed by atoms with E-state index in [1.165, 1.54) is 0 Å². The molecule has 1 heterocycles. The molecule has 0 aliphatic carbocycles. The van der Waals surface area contributed by atoms with E-state index in [2.05, 4.69) is 20.5 Å². The second kappa shape index (κ2) is 7.65. The fourth-order valence-electron chi connectivity index (χ4n) is 2.00. The summed E-state index contributed by atoms with van der Waals surface area (Å²) in [6, 6.07) is 17.1. The van der Waals surface area contributed by atoms with Crippen molar-refractivity contribution < 1.29 is 9.53 Å². The second-order valence-electron chi connectivity index (χ2n) is 4.78. The largest absolute Gasteiger partial charge is 0.461 e. The van der Waals surface area contributed by atoms with Gasteiger partial charge in [0.2, 0.25) is 5.04 Å². The first-order valence-corrected chi connectivity index (χ1v) is 8.26. The molecular weight excluding hydrogens is 324 g/mol. The summed E-state index contributed by atoms with van der Waals surface area (Å²) in [4.78, 5) is 19.7. The van der Waals surface area contributed by atoms with Gasteiger partial charge in [0.1, 0.15) is 0 Å². The zero-order chi connectivity index (χ0) is 16.8. The molecule has 6 nitrogen and oxygen atoms in total. The number of para-hydroxylation sites is 3. The first kappa shape index (κ1) is 16.1. The molecule has 3 rings (SSSR count). The number of hydrogen-bond donors (Lipinski definition) is 2. The number of esters is 1. The number of thioether (sulfide) groups is 1. The normalized spacial score (nSPS) is 11.5. The number of aromatic nitrogens is 2. The van der Waals surface area contributed by atoms with E-state index in [-0.39, 0.29) is 11.7 Å². The molecule has 2 N–H and O–H groups in total. The van der Waals surface area contributed by atoms with Crippen molar-refractivity contribution in [2.75, 3.05) is 12.0 Å². The summed E-state index contributed by atoms with van der Waals surface area (Å²) in [7, 11) is 0. The standard InChI is InChI=1S/C17H16N4O2S/c1-2-23-16(22)15(21-20-12-8-4-3-5-9-12)24-17-18-13-10-6-7-11-14(13)19-17/h3-11,20H,2H2,1H3,(H,18,19)/b21-15+. The third-order valence-corrected chi connectivity index (χ3v) is 3.91. The van der Waals surface area contributed by atoms with Gasteiger partial charge in [-0.1, -0.05) is 30.3 Å². The van der Waals surface area contributed by atoms with Crippen LogP contribution in [-0.4, -0.2) is 27.6 Å². The van der Waals surface area contributed by atoms with Crippen LogP contribution in [0, 0.1) is 0 Å². The van der Waals surface area contributed by atoms with Crippen molar-refractivity contribution in [3.63, 3.8) is 0 Å². The molecule has 0 saturated carbocycles. The maximum absolute atomic E-state index is 12.1. The number of rotatable bonds is 4. The summed E-state index contributed by atoms with van der Waals surface area (Å²) >= 11 is 1.13. The predicted molar refractivity (Wildman–Crippen MR) is 96.1 cm³/mol. The molecule has 0 aliphatic heterocycles. The number of anilines is 1.